The first kappa shape index (κ1) is 20.9. The first-order chi connectivity index (χ1) is 12.9. The molecular formula is C24H36OSi. The highest BCUT2D eigenvalue weighted by Crippen LogP contribution is 2.30. The Morgan fingerprint density at radius 3 is 1.73 bits per heavy atom. The Hall–Kier alpha value is -1.38. The number of hydrogen-bond acceptors (Lipinski definition) is 1. The van der Waals surface area contributed by atoms with Gasteiger partial charge in [-0.3, -0.25) is 0 Å². The van der Waals surface area contributed by atoms with Crippen LogP contribution < -0.4 is 0 Å². The van der Waals surface area contributed by atoms with Gasteiger partial charge in [0.05, 0.1) is 0 Å². The Balaban J connectivity index is 1.64. The molecule has 0 aliphatic carbocycles. The summed E-state index contributed by atoms with van der Waals surface area (Å²) in [5, 5.41) is 0. The van der Waals surface area contributed by atoms with Crippen molar-refractivity contribution in [1.29, 1.82) is 0 Å². The number of benzene rings is 2. The fraction of sp³-hybridized carbons (Fsp3) is 0.500. The summed E-state index contributed by atoms with van der Waals surface area (Å²) in [5.41, 5.74) is 2.91. The van der Waals surface area contributed by atoms with Crippen molar-refractivity contribution >= 4 is 9.76 Å². The predicted molar refractivity (Wildman–Crippen MR) is 117 cm³/mol. The van der Waals surface area contributed by atoms with E-state index in [0.717, 1.165) is 6.61 Å². The molecule has 0 amide bonds. The van der Waals surface area contributed by atoms with Gasteiger partial charge in [-0.25, -0.2) is 0 Å². The molecule has 0 saturated carbocycles. The van der Waals surface area contributed by atoms with Gasteiger partial charge in [-0.05, 0) is 30.5 Å². The Morgan fingerprint density at radius 1 is 0.692 bits per heavy atom. The Morgan fingerprint density at radius 2 is 1.19 bits per heavy atom. The lowest BCUT2D eigenvalue weighted by Crippen LogP contribution is -2.01. The zero-order chi connectivity index (χ0) is 18.3. The summed E-state index contributed by atoms with van der Waals surface area (Å²) in [7, 11) is -0.197. The van der Waals surface area contributed by atoms with E-state index in [2.05, 4.69) is 67.6 Å². The maximum absolute atomic E-state index is 5.53. The smallest absolute Gasteiger partial charge is 0.161 e. The van der Waals surface area contributed by atoms with E-state index >= 15 is 0 Å². The van der Waals surface area contributed by atoms with E-state index in [0.29, 0.717) is 5.92 Å². The molecule has 0 radical (unpaired) electrons. The molecular weight excluding hydrogens is 332 g/mol. The van der Waals surface area contributed by atoms with E-state index in [1.54, 1.807) is 0 Å². The summed E-state index contributed by atoms with van der Waals surface area (Å²) in [6, 6.07) is 23.4. The Labute approximate surface area is 163 Å². The normalized spacial score (nSPS) is 11.6. The van der Waals surface area contributed by atoms with Gasteiger partial charge in [0, 0.05) is 12.5 Å². The molecule has 0 aromatic heterocycles. The standard InChI is InChI=1S/C24H36OSi/c1-2-25-26-21-15-7-5-3-4-6-14-20-24(22-16-10-8-11-17-22)23-18-12-9-13-19-23/h8-13,16-19,24H,2-7,14-15,20-21,26H2,1H3. The van der Waals surface area contributed by atoms with Gasteiger partial charge in [-0.15, -0.1) is 0 Å². The highest BCUT2D eigenvalue weighted by atomic mass is 28.2. The van der Waals surface area contributed by atoms with Crippen molar-refractivity contribution in [2.24, 2.45) is 0 Å². The van der Waals surface area contributed by atoms with Gasteiger partial charge in [0.1, 0.15) is 0 Å². The molecule has 0 atom stereocenters. The molecule has 0 aliphatic heterocycles. The topological polar surface area (TPSA) is 9.23 Å². The van der Waals surface area contributed by atoms with E-state index in [4.69, 9.17) is 4.43 Å². The van der Waals surface area contributed by atoms with Crippen molar-refractivity contribution in [3.63, 3.8) is 0 Å². The van der Waals surface area contributed by atoms with Crippen LogP contribution in [0, 0.1) is 0 Å². The Bertz CT molecular complexity index is 515. The van der Waals surface area contributed by atoms with Crippen LogP contribution in [0.5, 0.6) is 0 Å². The van der Waals surface area contributed by atoms with Crippen LogP contribution in [-0.4, -0.2) is 16.4 Å². The Kier molecular flexibility index (Phi) is 11.1. The molecule has 0 aliphatic rings. The highest BCUT2D eigenvalue weighted by molar-refractivity contribution is 6.26. The van der Waals surface area contributed by atoms with Crippen molar-refractivity contribution < 1.29 is 4.43 Å². The second kappa shape index (κ2) is 13.8. The van der Waals surface area contributed by atoms with Crippen molar-refractivity contribution in [3.8, 4) is 0 Å². The summed E-state index contributed by atoms with van der Waals surface area (Å²) in [6.07, 6.45) is 10.9. The van der Waals surface area contributed by atoms with Crippen LogP contribution in [0.2, 0.25) is 6.04 Å². The van der Waals surface area contributed by atoms with Gasteiger partial charge >= 0.3 is 0 Å². The van der Waals surface area contributed by atoms with Crippen LogP contribution in [0.4, 0.5) is 0 Å². The van der Waals surface area contributed by atoms with Gasteiger partial charge in [0.15, 0.2) is 9.76 Å². The largest absolute Gasteiger partial charge is 0.424 e. The van der Waals surface area contributed by atoms with Crippen LogP contribution in [0.3, 0.4) is 0 Å². The molecule has 0 spiro atoms. The van der Waals surface area contributed by atoms with E-state index in [1.165, 1.54) is 68.5 Å². The summed E-state index contributed by atoms with van der Waals surface area (Å²) in [5.74, 6) is 0.543. The van der Waals surface area contributed by atoms with Crippen molar-refractivity contribution in [1.82, 2.24) is 0 Å². The lowest BCUT2D eigenvalue weighted by Gasteiger charge is -2.18. The van der Waals surface area contributed by atoms with E-state index in [1.807, 2.05) is 0 Å². The molecule has 142 valence electrons. The molecule has 1 nitrogen and oxygen atoms in total. The minimum atomic E-state index is -0.197. The van der Waals surface area contributed by atoms with Gasteiger partial charge in [-0.1, -0.05) is 106 Å². The first-order valence-electron chi connectivity index (χ1n) is 10.6. The molecule has 0 saturated heterocycles. The molecule has 2 aromatic carbocycles. The van der Waals surface area contributed by atoms with Crippen molar-refractivity contribution in [2.45, 2.75) is 70.3 Å². The number of hydrogen-bond donors (Lipinski definition) is 0. The SMILES string of the molecule is CCO[SiH2]CCCCCCCCCC(c1ccccc1)c1ccccc1. The molecule has 0 heterocycles. The van der Waals surface area contributed by atoms with Crippen molar-refractivity contribution in [3.05, 3.63) is 71.8 Å². The van der Waals surface area contributed by atoms with Gasteiger partial charge in [-0.2, -0.15) is 0 Å². The molecule has 26 heavy (non-hydrogen) atoms. The average Bonchev–Trinajstić information content (AvgIpc) is 2.70. The molecule has 0 N–H and O–H groups in total. The van der Waals surface area contributed by atoms with Gasteiger partial charge in [0.25, 0.3) is 0 Å². The predicted octanol–water partition coefficient (Wildman–Crippen LogP) is 6.48. The third-order valence-corrected chi connectivity index (χ3v) is 6.63. The van der Waals surface area contributed by atoms with E-state index in [9.17, 15) is 0 Å². The van der Waals surface area contributed by atoms with Crippen LogP contribution >= 0.6 is 0 Å². The summed E-state index contributed by atoms with van der Waals surface area (Å²) >= 11 is 0. The second-order valence-corrected chi connectivity index (χ2v) is 8.71. The number of unbranched alkanes of at least 4 members (excludes halogenated alkanes) is 6. The monoisotopic (exact) mass is 368 g/mol. The molecule has 0 bridgehead atoms. The fourth-order valence-corrected chi connectivity index (χ4v) is 4.70. The quantitative estimate of drug-likeness (QED) is 0.274. The molecule has 0 fully saturated rings. The maximum atomic E-state index is 5.53. The van der Waals surface area contributed by atoms with Gasteiger partial charge in [0.2, 0.25) is 0 Å². The van der Waals surface area contributed by atoms with E-state index < -0.39 is 0 Å². The zero-order valence-electron chi connectivity index (χ0n) is 16.5. The summed E-state index contributed by atoms with van der Waals surface area (Å²) in [6.45, 7) is 3.02. The van der Waals surface area contributed by atoms with Crippen LogP contribution in [-0.2, 0) is 4.43 Å². The third kappa shape index (κ3) is 8.33. The molecule has 2 aromatic rings. The average molecular weight is 369 g/mol. The third-order valence-electron chi connectivity index (χ3n) is 5.14. The minimum Gasteiger partial charge on any atom is -0.424 e. The molecule has 2 rings (SSSR count). The highest BCUT2D eigenvalue weighted by Gasteiger charge is 2.13. The maximum Gasteiger partial charge on any atom is 0.161 e. The first-order valence-corrected chi connectivity index (χ1v) is 12.2. The van der Waals surface area contributed by atoms with Crippen molar-refractivity contribution in [2.75, 3.05) is 6.61 Å². The summed E-state index contributed by atoms with van der Waals surface area (Å²) in [4.78, 5) is 0. The summed E-state index contributed by atoms with van der Waals surface area (Å²) < 4.78 is 5.53. The van der Waals surface area contributed by atoms with Gasteiger partial charge < -0.3 is 4.43 Å². The van der Waals surface area contributed by atoms with E-state index in [-0.39, 0.29) is 9.76 Å². The van der Waals surface area contributed by atoms with Crippen LogP contribution in [0.1, 0.15) is 75.3 Å². The van der Waals surface area contributed by atoms with Crippen LogP contribution in [0.25, 0.3) is 0 Å². The lowest BCUT2D eigenvalue weighted by molar-refractivity contribution is 0.358. The molecule has 2 heteroatoms. The fourth-order valence-electron chi connectivity index (χ4n) is 3.65. The zero-order valence-corrected chi connectivity index (χ0v) is 18.0. The minimum absolute atomic E-state index is 0.197. The lowest BCUT2D eigenvalue weighted by atomic mass is 9.87. The molecule has 0 unspecified atom stereocenters. The number of rotatable bonds is 14. The van der Waals surface area contributed by atoms with Crippen LogP contribution in [0.15, 0.2) is 60.7 Å². The second-order valence-electron chi connectivity index (χ2n) is 7.19.